The van der Waals surface area contributed by atoms with Crippen LogP contribution in [0, 0.1) is 0 Å². The van der Waals surface area contributed by atoms with E-state index in [1.807, 2.05) is 60.8 Å². The molecule has 4 rings (SSSR count). The monoisotopic (exact) mass is 460 g/mol. The van der Waals surface area contributed by atoms with Gasteiger partial charge in [-0.25, -0.2) is 4.99 Å². The molecule has 33 heavy (non-hydrogen) atoms. The number of aryl methyl sites for hydroxylation is 1. The predicted molar refractivity (Wildman–Crippen MR) is 139 cm³/mol. The second kappa shape index (κ2) is 11.8. The number of unbranched alkanes of at least 4 members (excludes halogenated alkanes) is 1. The van der Waals surface area contributed by atoms with Crippen molar-refractivity contribution >= 4 is 34.1 Å². The topological polar surface area (TPSA) is 50.7 Å². The van der Waals surface area contributed by atoms with Gasteiger partial charge in [-0.3, -0.25) is 4.79 Å². The predicted octanol–water partition coefficient (Wildman–Crippen LogP) is 7.59. The zero-order chi connectivity index (χ0) is 22.9. The van der Waals surface area contributed by atoms with Gasteiger partial charge in [-0.05, 0) is 79.6 Å². The third-order valence-electron chi connectivity index (χ3n) is 5.89. The van der Waals surface area contributed by atoms with Crippen LogP contribution in [0.15, 0.2) is 59.6 Å². The van der Waals surface area contributed by atoms with E-state index in [9.17, 15) is 4.79 Å². The summed E-state index contributed by atoms with van der Waals surface area (Å²) in [4.78, 5) is 19.5. The zero-order valence-electron chi connectivity index (χ0n) is 19.3. The summed E-state index contributed by atoms with van der Waals surface area (Å²) in [5.41, 5.74) is 3.74. The molecular formula is C28H32N2O2S. The van der Waals surface area contributed by atoms with Gasteiger partial charge in [0.2, 0.25) is 0 Å². The van der Waals surface area contributed by atoms with Gasteiger partial charge in [-0.2, -0.15) is 0 Å². The number of aliphatic imine (C=N–C) groups is 1. The van der Waals surface area contributed by atoms with E-state index in [4.69, 9.17) is 9.73 Å². The summed E-state index contributed by atoms with van der Waals surface area (Å²) in [6.07, 6.45) is 10.8. The van der Waals surface area contributed by atoms with Gasteiger partial charge in [0.25, 0.3) is 5.91 Å². The van der Waals surface area contributed by atoms with Gasteiger partial charge in [-0.1, -0.05) is 44.4 Å². The molecule has 1 aliphatic carbocycles. The number of carbonyl (C=O) groups is 1. The fraction of sp³-hybridized carbons (Fsp3) is 0.357. The largest absolute Gasteiger partial charge is 0.494 e. The number of ether oxygens (including phenoxy) is 1. The molecule has 0 fully saturated rings. The van der Waals surface area contributed by atoms with Crippen LogP contribution in [0.4, 0.5) is 10.7 Å². The highest BCUT2D eigenvalue weighted by molar-refractivity contribution is 7.16. The standard InChI is InChI=1S/C28H32N2O2S/c1-2-3-19-32-23-17-15-21(16-18-23)20-29-28-26(27(31)30-22-11-7-6-8-12-22)24-13-9-4-5-10-14-25(24)33-28/h6-8,11-12,15-18,20H,2-5,9-10,13-14,19H2,1H3,(H,30,31). The minimum atomic E-state index is -0.0638. The Morgan fingerprint density at radius 1 is 1.03 bits per heavy atom. The minimum absolute atomic E-state index is 0.0638. The summed E-state index contributed by atoms with van der Waals surface area (Å²) >= 11 is 1.68. The first-order valence-corrected chi connectivity index (χ1v) is 12.8. The molecule has 0 atom stereocenters. The van der Waals surface area contributed by atoms with Crippen LogP contribution in [-0.2, 0) is 12.8 Å². The van der Waals surface area contributed by atoms with Gasteiger partial charge < -0.3 is 10.1 Å². The molecule has 0 saturated carbocycles. The molecule has 0 radical (unpaired) electrons. The Hall–Kier alpha value is -2.92. The molecule has 4 nitrogen and oxygen atoms in total. The number of para-hydroxylation sites is 1. The van der Waals surface area contributed by atoms with Gasteiger partial charge in [-0.15, -0.1) is 11.3 Å². The summed E-state index contributed by atoms with van der Waals surface area (Å²) in [6, 6.07) is 17.6. The number of thiophene rings is 1. The van der Waals surface area contributed by atoms with Gasteiger partial charge in [0, 0.05) is 16.8 Å². The maximum absolute atomic E-state index is 13.4. The second-order valence-corrected chi connectivity index (χ2v) is 9.53. The van der Waals surface area contributed by atoms with Crippen LogP contribution >= 0.6 is 11.3 Å². The van der Waals surface area contributed by atoms with E-state index in [-0.39, 0.29) is 5.91 Å². The van der Waals surface area contributed by atoms with E-state index in [0.717, 1.165) is 66.3 Å². The number of nitrogens with one attached hydrogen (secondary N) is 1. The number of rotatable bonds is 8. The van der Waals surface area contributed by atoms with Gasteiger partial charge in [0.1, 0.15) is 10.8 Å². The third-order valence-corrected chi connectivity index (χ3v) is 7.09. The molecule has 1 N–H and O–H groups in total. The Kier molecular flexibility index (Phi) is 8.31. The summed E-state index contributed by atoms with van der Waals surface area (Å²) in [5.74, 6) is 0.814. The second-order valence-electron chi connectivity index (χ2n) is 8.45. The Labute approximate surface area is 200 Å². The van der Waals surface area contributed by atoms with Crippen molar-refractivity contribution in [2.24, 2.45) is 4.99 Å². The maximum atomic E-state index is 13.4. The highest BCUT2D eigenvalue weighted by Crippen LogP contribution is 2.39. The number of benzene rings is 2. The van der Waals surface area contributed by atoms with Crippen LogP contribution in [0.25, 0.3) is 0 Å². The molecular weight excluding hydrogens is 428 g/mol. The van der Waals surface area contributed by atoms with Crippen molar-refractivity contribution in [3.63, 3.8) is 0 Å². The quantitative estimate of drug-likeness (QED) is 0.278. The molecule has 0 spiro atoms. The molecule has 172 valence electrons. The van der Waals surface area contributed by atoms with Crippen LogP contribution in [-0.4, -0.2) is 18.7 Å². The molecule has 0 aliphatic heterocycles. The normalized spacial score (nSPS) is 13.8. The SMILES string of the molecule is CCCCOc1ccc(C=Nc2sc3c(c2C(=O)Nc2ccccc2)CCCCCC3)cc1. The summed E-state index contributed by atoms with van der Waals surface area (Å²) < 4.78 is 5.75. The van der Waals surface area contributed by atoms with Crippen LogP contribution in [0.1, 0.15) is 71.8 Å². The van der Waals surface area contributed by atoms with E-state index in [0.29, 0.717) is 0 Å². The van der Waals surface area contributed by atoms with Crippen molar-refractivity contribution in [2.45, 2.75) is 58.3 Å². The van der Waals surface area contributed by atoms with Crippen LogP contribution < -0.4 is 10.1 Å². The van der Waals surface area contributed by atoms with Crippen molar-refractivity contribution in [1.29, 1.82) is 0 Å². The van der Waals surface area contributed by atoms with E-state index in [1.54, 1.807) is 11.3 Å². The Balaban J connectivity index is 1.58. The highest BCUT2D eigenvalue weighted by atomic mass is 32.1. The lowest BCUT2D eigenvalue weighted by Crippen LogP contribution is -2.14. The number of hydrogen-bond donors (Lipinski definition) is 1. The number of hydrogen-bond acceptors (Lipinski definition) is 4. The molecule has 3 aromatic rings. The van der Waals surface area contributed by atoms with Crippen LogP contribution in [0.3, 0.4) is 0 Å². The fourth-order valence-electron chi connectivity index (χ4n) is 4.06. The highest BCUT2D eigenvalue weighted by Gasteiger charge is 2.24. The first-order valence-electron chi connectivity index (χ1n) is 12.0. The third kappa shape index (κ3) is 6.32. The maximum Gasteiger partial charge on any atom is 0.259 e. The van der Waals surface area contributed by atoms with Gasteiger partial charge in [0.05, 0.1) is 12.2 Å². The van der Waals surface area contributed by atoms with E-state index >= 15 is 0 Å². The average Bonchev–Trinajstić information content (AvgIpc) is 3.15. The van der Waals surface area contributed by atoms with Crippen molar-refractivity contribution in [3.8, 4) is 5.75 Å². The molecule has 0 bridgehead atoms. The fourth-order valence-corrected chi connectivity index (χ4v) is 5.29. The lowest BCUT2D eigenvalue weighted by atomic mass is 9.96. The molecule has 0 saturated heterocycles. The Morgan fingerprint density at radius 2 is 1.79 bits per heavy atom. The van der Waals surface area contributed by atoms with E-state index < -0.39 is 0 Å². The zero-order valence-corrected chi connectivity index (χ0v) is 20.1. The number of amides is 1. The minimum Gasteiger partial charge on any atom is -0.494 e. The Morgan fingerprint density at radius 3 is 2.55 bits per heavy atom. The smallest absolute Gasteiger partial charge is 0.259 e. The molecule has 0 unspecified atom stereocenters. The van der Waals surface area contributed by atoms with Crippen molar-refractivity contribution in [1.82, 2.24) is 0 Å². The molecule has 1 aliphatic rings. The lowest BCUT2D eigenvalue weighted by molar-refractivity contribution is 0.102. The van der Waals surface area contributed by atoms with Crippen LogP contribution in [0.2, 0.25) is 0 Å². The lowest BCUT2D eigenvalue weighted by Gasteiger charge is -2.12. The summed E-state index contributed by atoms with van der Waals surface area (Å²) in [5, 5.41) is 3.88. The van der Waals surface area contributed by atoms with Crippen molar-refractivity contribution in [2.75, 3.05) is 11.9 Å². The van der Waals surface area contributed by atoms with E-state index in [1.165, 1.54) is 29.7 Å². The number of anilines is 1. The Bertz CT molecular complexity index is 1070. The first-order chi connectivity index (χ1) is 16.2. The molecule has 1 amide bonds. The summed E-state index contributed by atoms with van der Waals surface area (Å²) in [6.45, 7) is 2.90. The number of carbonyl (C=O) groups excluding carboxylic acids is 1. The van der Waals surface area contributed by atoms with Gasteiger partial charge in [0.15, 0.2) is 0 Å². The molecule has 2 aromatic carbocycles. The van der Waals surface area contributed by atoms with Crippen molar-refractivity contribution in [3.05, 3.63) is 76.2 Å². The molecule has 5 heteroatoms. The average molecular weight is 461 g/mol. The van der Waals surface area contributed by atoms with Crippen molar-refractivity contribution < 1.29 is 9.53 Å². The molecule has 1 heterocycles. The van der Waals surface area contributed by atoms with Crippen LogP contribution in [0.5, 0.6) is 5.75 Å². The summed E-state index contributed by atoms with van der Waals surface area (Å²) in [7, 11) is 0. The van der Waals surface area contributed by atoms with Gasteiger partial charge >= 0.3 is 0 Å². The van der Waals surface area contributed by atoms with E-state index in [2.05, 4.69) is 12.2 Å². The first kappa shape index (κ1) is 23.2. The number of fused-ring (bicyclic) bond motifs is 1. The molecule has 1 aromatic heterocycles. The number of nitrogens with zero attached hydrogens (tertiary/aromatic N) is 1.